The quantitative estimate of drug-likeness (QED) is 0.780. The molecule has 1 aliphatic heterocycles. The molecule has 0 aliphatic carbocycles. The Morgan fingerprint density at radius 2 is 2.18 bits per heavy atom. The van der Waals surface area contributed by atoms with Crippen LogP contribution < -0.4 is 10.2 Å². The molecule has 2 rings (SSSR count). The molecule has 1 unspecified atom stereocenters. The largest absolute Gasteiger partial charge is 0.342 e. The predicted octanol–water partition coefficient (Wildman–Crippen LogP) is -0.0925. The van der Waals surface area contributed by atoms with Crippen LogP contribution in [0.1, 0.15) is 13.8 Å². The summed E-state index contributed by atoms with van der Waals surface area (Å²) in [5.74, 6) is 0.350. The lowest BCUT2D eigenvalue weighted by Gasteiger charge is -2.33. The lowest BCUT2D eigenvalue weighted by atomic mass is 10.0. The Morgan fingerprint density at radius 3 is 2.71 bits per heavy atom. The molecule has 17 heavy (non-hydrogen) atoms. The number of aromatic nitrogens is 2. The van der Waals surface area contributed by atoms with E-state index in [-0.39, 0.29) is 24.3 Å². The van der Waals surface area contributed by atoms with E-state index >= 15 is 0 Å². The fourth-order valence-electron chi connectivity index (χ4n) is 1.86. The summed E-state index contributed by atoms with van der Waals surface area (Å²) in [6, 6.07) is 1.27. The van der Waals surface area contributed by atoms with Crippen molar-refractivity contribution < 1.29 is 9.59 Å². The van der Waals surface area contributed by atoms with Crippen LogP contribution in [0.3, 0.4) is 0 Å². The van der Waals surface area contributed by atoms with Crippen LogP contribution in [0.4, 0.5) is 5.82 Å². The first-order valence-electron chi connectivity index (χ1n) is 5.59. The summed E-state index contributed by atoms with van der Waals surface area (Å²) in [5, 5.41) is 6.86. The SMILES string of the molecule is CC(C)C1NC(=O)CN(c2ccn(C)n2)C1=O. The number of nitrogens with one attached hydrogen (secondary N) is 1. The molecule has 1 fully saturated rings. The Bertz CT molecular complexity index is 452. The van der Waals surface area contributed by atoms with Crippen LogP contribution in [0.15, 0.2) is 12.3 Å². The van der Waals surface area contributed by atoms with Gasteiger partial charge in [-0.05, 0) is 5.92 Å². The van der Waals surface area contributed by atoms with Crippen LogP contribution in [-0.4, -0.2) is 34.2 Å². The number of hydrogen-bond donors (Lipinski definition) is 1. The van der Waals surface area contributed by atoms with Gasteiger partial charge in [-0.15, -0.1) is 0 Å². The molecular weight excluding hydrogens is 220 g/mol. The number of carbonyl (C=O) groups is 2. The Labute approximate surface area is 99.6 Å². The third-order valence-corrected chi connectivity index (χ3v) is 2.79. The smallest absolute Gasteiger partial charge is 0.251 e. The van der Waals surface area contributed by atoms with E-state index < -0.39 is 6.04 Å². The monoisotopic (exact) mass is 236 g/mol. The van der Waals surface area contributed by atoms with Gasteiger partial charge in [-0.25, -0.2) is 0 Å². The van der Waals surface area contributed by atoms with Gasteiger partial charge in [-0.1, -0.05) is 13.8 Å². The molecule has 0 aromatic carbocycles. The fourth-order valence-corrected chi connectivity index (χ4v) is 1.86. The molecule has 92 valence electrons. The van der Waals surface area contributed by atoms with E-state index in [2.05, 4.69) is 10.4 Å². The highest BCUT2D eigenvalue weighted by atomic mass is 16.2. The van der Waals surface area contributed by atoms with Crippen LogP contribution in [0.25, 0.3) is 0 Å². The van der Waals surface area contributed by atoms with Crippen LogP contribution in [0, 0.1) is 5.92 Å². The van der Waals surface area contributed by atoms with Crippen molar-refractivity contribution in [3.8, 4) is 0 Å². The Kier molecular flexibility index (Phi) is 2.87. The van der Waals surface area contributed by atoms with Crippen LogP contribution >= 0.6 is 0 Å². The Morgan fingerprint density at radius 1 is 1.47 bits per heavy atom. The van der Waals surface area contributed by atoms with Gasteiger partial charge in [-0.2, -0.15) is 5.10 Å². The standard InChI is InChI=1S/C11H16N4O2/c1-7(2)10-11(17)15(6-9(16)12-10)8-4-5-14(3)13-8/h4-5,7,10H,6H2,1-3H3,(H,12,16). The molecule has 1 aliphatic rings. The van der Waals surface area contributed by atoms with Gasteiger partial charge in [0.2, 0.25) is 5.91 Å². The van der Waals surface area contributed by atoms with Crippen LogP contribution in [0.5, 0.6) is 0 Å². The van der Waals surface area contributed by atoms with Crippen LogP contribution in [0.2, 0.25) is 0 Å². The molecule has 6 nitrogen and oxygen atoms in total. The summed E-state index contributed by atoms with van der Waals surface area (Å²) in [6.45, 7) is 3.86. The van der Waals surface area contributed by atoms with E-state index in [0.717, 1.165) is 0 Å². The van der Waals surface area contributed by atoms with Gasteiger partial charge in [0.25, 0.3) is 5.91 Å². The van der Waals surface area contributed by atoms with E-state index in [9.17, 15) is 9.59 Å². The predicted molar refractivity (Wildman–Crippen MR) is 62.3 cm³/mol. The van der Waals surface area contributed by atoms with Gasteiger partial charge in [0.15, 0.2) is 5.82 Å². The summed E-state index contributed by atoms with van der Waals surface area (Å²) in [5.41, 5.74) is 0. The first-order chi connectivity index (χ1) is 7.99. The number of piperazine rings is 1. The topological polar surface area (TPSA) is 67.2 Å². The van der Waals surface area contributed by atoms with E-state index in [1.54, 1.807) is 24.0 Å². The van der Waals surface area contributed by atoms with Gasteiger partial charge >= 0.3 is 0 Å². The van der Waals surface area contributed by atoms with E-state index in [0.29, 0.717) is 5.82 Å². The molecule has 1 aromatic heterocycles. The first kappa shape index (κ1) is 11.6. The van der Waals surface area contributed by atoms with Crippen molar-refractivity contribution in [2.75, 3.05) is 11.4 Å². The number of amides is 2. The highest BCUT2D eigenvalue weighted by Crippen LogP contribution is 2.17. The van der Waals surface area contributed by atoms with Gasteiger partial charge in [-0.3, -0.25) is 19.2 Å². The van der Waals surface area contributed by atoms with Crippen molar-refractivity contribution in [1.29, 1.82) is 0 Å². The van der Waals surface area contributed by atoms with Crippen molar-refractivity contribution in [2.45, 2.75) is 19.9 Å². The molecule has 1 N–H and O–H groups in total. The normalized spacial score (nSPS) is 20.9. The fraction of sp³-hybridized carbons (Fsp3) is 0.545. The van der Waals surface area contributed by atoms with Gasteiger partial charge < -0.3 is 5.32 Å². The minimum atomic E-state index is -0.460. The number of nitrogens with zero attached hydrogens (tertiary/aromatic N) is 3. The maximum atomic E-state index is 12.2. The summed E-state index contributed by atoms with van der Waals surface area (Å²) < 4.78 is 1.61. The molecule has 0 bridgehead atoms. The van der Waals surface area contributed by atoms with Gasteiger partial charge in [0.05, 0.1) is 0 Å². The van der Waals surface area contributed by atoms with Crippen molar-refractivity contribution >= 4 is 17.6 Å². The van der Waals surface area contributed by atoms with E-state index in [4.69, 9.17) is 0 Å². The Balaban J connectivity index is 2.27. The molecule has 0 radical (unpaired) electrons. The summed E-state index contributed by atoms with van der Waals surface area (Å²) in [6.07, 6.45) is 1.75. The summed E-state index contributed by atoms with van der Waals surface area (Å²) in [4.78, 5) is 25.2. The zero-order valence-electron chi connectivity index (χ0n) is 10.2. The van der Waals surface area contributed by atoms with Gasteiger partial charge in [0, 0.05) is 19.3 Å². The highest BCUT2D eigenvalue weighted by molar-refractivity contribution is 6.06. The molecule has 0 saturated carbocycles. The van der Waals surface area contributed by atoms with E-state index in [1.807, 2.05) is 13.8 Å². The average Bonchev–Trinajstić information content (AvgIpc) is 2.67. The van der Waals surface area contributed by atoms with Crippen LogP contribution in [-0.2, 0) is 16.6 Å². The van der Waals surface area contributed by atoms with E-state index in [1.165, 1.54) is 4.90 Å². The molecule has 1 saturated heterocycles. The minimum Gasteiger partial charge on any atom is -0.342 e. The van der Waals surface area contributed by atoms with Gasteiger partial charge in [0.1, 0.15) is 12.6 Å². The van der Waals surface area contributed by atoms with Crippen molar-refractivity contribution in [1.82, 2.24) is 15.1 Å². The molecular formula is C11H16N4O2. The van der Waals surface area contributed by atoms with Crippen molar-refractivity contribution in [2.24, 2.45) is 13.0 Å². The van der Waals surface area contributed by atoms with Crippen molar-refractivity contribution in [3.63, 3.8) is 0 Å². The highest BCUT2D eigenvalue weighted by Gasteiger charge is 2.36. The molecule has 0 spiro atoms. The maximum absolute atomic E-state index is 12.2. The molecule has 1 aromatic rings. The zero-order chi connectivity index (χ0) is 12.6. The summed E-state index contributed by atoms with van der Waals surface area (Å²) in [7, 11) is 1.78. The average molecular weight is 236 g/mol. The summed E-state index contributed by atoms with van der Waals surface area (Å²) >= 11 is 0. The lowest BCUT2D eigenvalue weighted by molar-refractivity contribution is -0.132. The molecule has 1 atom stereocenters. The number of carbonyl (C=O) groups excluding carboxylic acids is 2. The zero-order valence-corrected chi connectivity index (χ0v) is 10.2. The second-order valence-electron chi connectivity index (χ2n) is 4.56. The second-order valence-corrected chi connectivity index (χ2v) is 4.56. The molecule has 6 heteroatoms. The number of anilines is 1. The number of rotatable bonds is 2. The first-order valence-corrected chi connectivity index (χ1v) is 5.59. The number of aryl methyl sites for hydroxylation is 1. The third-order valence-electron chi connectivity index (χ3n) is 2.79. The number of hydrogen-bond acceptors (Lipinski definition) is 3. The third kappa shape index (κ3) is 2.15. The maximum Gasteiger partial charge on any atom is 0.251 e. The second kappa shape index (κ2) is 4.20. The minimum absolute atomic E-state index is 0.0407. The Hall–Kier alpha value is -1.85. The van der Waals surface area contributed by atoms with Crippen molar-refractivity contribution in [3.05, 3.63) is 12.3 Å². The molecule has 2 amide bonds. The lowest BCUT2D eigenvalue weighted by Crippen LogP contribution is -2.60. The molecule has 2 heterocycles.